The predicted molar refractivity (Wildman–Crippen MR) is 29.5 cm³/mol. The Morgan fingerprint density at radius 3 is 2.56 bits per heavy atom. The second-order valence-electron chi connectivity index (χ2n) is 1.48. The van der Waals surface area contributed by atoms with E-state index in [0.717, 1.165) is 34.8 Å². The van der Waals surface area contributed by atoms with Gasteiger partial charge < -0.3 is 0 Å². The molecule has 0 aliphatic heterocycles. The van der Waals surface area contributed by atoms with E-state index in [9.17, 15) is 8.78 Å². The number of pyridine rings is 1. The van der Waals surface area contributed by atoms with Crippen molar-refractivity contribution in [3.8, 4) is 0 Å². The van der Waals surface area contributed by atoms with Crippen LogP contribution in [0.4, 0.5) is 8.78 Å². The van der Waals surface area contributed by atoms with Gasteiger partial charge in [0.25, 0.3) is 0 Å². The van der Waals surface area contributed by atoms with Gasteiger partial charge in [-0.1, -0.05) is 0 Å². The third-order valence-electron chi connectivity index (χ3n) is 0.808. The predicted octanol–water partition coefficient (Wildman–Crippen LogP) is 0.154. The van der Waals surface area contributed by atoms with Crippen LogP contribution < -0.4 is 3.71 Å². The van der Waals surface area contributed by atoms with Gasteiger partial charge in [-0.15, -0.1) is 0 Å². The first-order valence-electron chi connectivity index (χ1n) is 2.23. The maximum absolute atomic E-state index is 12.3. The molecule has 1 rings (SSSR count). The van der Waals surface area contributed by atoms with Crippen molar-refractivity contribution in [2.45, 2.75) is 0 Å². The van der Waals surface area contributed by atoms with E-state index in [1.54, 1.807) is 0 Å². The quantitative estimate of drug-likeness (QED) is 0.581. The van der Waals surface area contributed by atoms with Gasteiger partial charge in [-0.3, -0.25) is 0 Å². The minimum absolute atomic E-state index is 0.309. The van der Waals surface area contributed by atoms with E-state index in [-0.39, 0.29) is 0 Å². The number of halogens is 2. The summed E-state index contributed by atoms with van der Waals surface area (Å²) in [6, 6.07) is 0.830. The fraction of sp³-hybridized carbons (Fsp3) is 0. The van der Waals surface area contributed by atoms with Crippen LogP contribution in [0.1, 0.15) is 0 Å². The first kappa shape index (κ1) is 6.92. The molecule has 0 saturated heterocycles. The van der Waals surface area contributed by atoms with Crippen molar-refractivity contribution in [3.63, 3.8) is 0 Å². The van der Waals surface area contributed by atoms with Crippen LogP contribution in [0.15, 0.2) is 12.3 Å². The maximum atomic E-state index is 12.3. The Labute approximate surface area is 64.2 Å². The molecule has 0 N–H and O–H groups in total. The van der Waals surface area contributed by atoms with Gasteiger partial charge >= 0.3 is 63.9 Å². The van der Waals surface area contributed by atoms with Gasteiger partial charge in [-0.25, -0.2) is 0 Å². The zero-order valence-corrected chi connectivity index (χ0v) is 7.21. The van der Waals surface area contributed by atoms with E-state index < -0.39 is 11.6 Å². The first-order chi connectivity index (χ1) is 4.20. The zero-order valence-electron chi connectivity index (χ0n) is 4.36. The van der Waals surface area contributed by atoms with Gasteiger partial charge in [0, 0.05) is 0 Å². The van der Waals surface area contributed by atoms with Crippen LogP contribution >= 0.6 is 0 Å². The standard InChI is InChI=1S/C5H2F2N.Sn/c6-4-1-5(7)3-8-2-4;/h1-2H;. The van der Waals surface area contributed by atoms with Crippen LogP contribution in [0.25, 0.3) is 0 Å². The Hall–Kier alpha value is -0.191. The van der Waals surface area contributed by atoms with Gasteiger partial charge in [0.2, 0.25) is 0 Å². The van der Waals surface area contributed by atoms with Gasteiger partial charge in [0.15, 0.2) is 0 Å². The van der Waals surface area contributed by atoms with Crippen molar-refractivity contribution >= 4 is 26.2 Å². The molecule has 0 aliphatic rings. The molecule has 0 spiro atoms. The third-order valence-corrected chi connectivity index (χ3v) is 1.86. The fourth-order valence-electron chi connectivity index (χ4n) is 0.415. The molecule has 1 nitrogen and oxygen atoms in total. The Morgan fingerprint density at radius 1 is 1.44 bits per heavy atom. The van der Waals surface area contributed by atoms with Crippen LogP contribution in [0.3, 0.4) is 0 Å². The van der Waals surface area contributed by atoms with Crippen molar-refractivity contribution in [2.75, 3.05) is 0 Å². The second-order valence-corrected chi connectivity index (χ2v) is 2.84. The molecule has 1 aromatic heterocycles. The summed E-state index contributed by atoms with van der Waals surface area (Å²) >= 11 is 0.859. The summed E-state index contributed by atoms with van der Waals surface area (Å²) < 4.78 is 24.7. The molecule has 0 fully saturated rings. The Kier molecular flexibility index (Phi) is 2.00. The SMILES string of the molecule is Fc1cn[c]([Sn])c(F)c1. The van der Waals surface area contributed by atoms with Crippen LogP contribution in [0.2, 0.25) is 0 Å². The number of aromatic nitrogens is 1. The molecule has 9 heavy (non-hydrogen) atoms. The minimum atomic E-state index is -0.626. The van der Waals surface area contributed by atoms with Crippen molar-refractivity contribution < 1.29 is 8.78 Å². The van der Waals surface area contributed by atoms with Crippen LogP contribution in [-0.2, 0) is 0 Å². The van der Waals surface area contributed by atoms with E-state index in [2.05, 4.69) is 4.98 Å². The van der Waals surface area contributed by atoms with E-state index >= 15 is 0 Å². The molecule has 0 unspecified atom stereocenters. The van der Waals surface area contributed by atoms with Crippen LogP contribution in [0, 0.1) is 11.6 Å². The van der Waals surface area contributed by atoms with E-state index in [1.165, 1.54) is 0 Å². The van der Waals surface area contributed by atoms with E-state index in [4.69, 9.17) is 0 Å². The molecular weight excluding hydrogens is 231 g/mol. The molecule has 1 heterocycles. The molecule has 1 aromatic rings. The van der Waals surface area contributed by atoms with E-state index in [1.807, 2.05) is 0 Å². The van der Waals surface area contributed by atoms with Gasteiger partial charge in [0.1, 0.15) is 0 Å². The Bertz CT molecular complexity index is 226. The second kappa shape index (κ2) is 2.60. The molecule has 0 bridgehead atoms. The summed E-state index contributed by atoms with van der Waals surface area (Å²) in [5.41, 5.74) is 0. The van der Waals surface area contributed by atoms with Crippen molar-refractivity contribution in [1.29, 1.82) is 0 Å². The van der Waals surface area contributed by atoms with Crippen molar-refractivity contribution in [1.82, 2.24) is 4.98 Å². The normalized spacial score (nSPS) is 9.67. The number of hydrogen-bond acceptors (Lipinski definition) is 1. The summed E-state index contributed by atoms with van der Waals surface area (Å²) in [5, 5.41) is 0. The average Bonchev–Trinajstić information content (AvgIpc) is 1.80. The summed E-state index contributed by atoms with van der Waals surface area (Å²) in [6.45, 7) is 0. The average molecular weight is 233 g/mol. The van der Waals surface area contributed by atoms with Crippen LogP contribution in [-0.4, -0.2) is 27.5 Å². The summed E-state index contributed by atoms with van der Waals surface area (Å²) in [7, 11) is 0. The molecule has 4 heteroatoms. The molecule has 0 aliphatic carbocycles. The number of hydrogen-bond donors (Lipinski definition) is 0. The number of rotatable bonds is 0. The topological polar surface area (TPSA) is 12.9 Å². The Balaban J connectivity index is 3.17. The molecule has 0 amide bonds. The van der Waals surface area contributed by atoms with Crippen LogP contribution in [0.5, 0.6) is 0 Å². The van der Waals surface area contributed by atoms with Crippen molar-refractivity contribution in [3.05, 3.63) is 23.9 Å². The van der Waals surface area contributed by atoms with Gasteiger partial charge in [-0.2, -0.15) is 0 Å². The summed E-state index contributed by atoms with van der Waals surface area (Å²) in [6.07, 6.45) is 1.01. The van der Waals surface area contributed by atoms with Gasteiger partial charge in [0.05, 0.1) is 0 Å². The summed E-state index contributed by atoms with van der Waals surface area (Å²) in [5.74, 6) is -1.19. The first-order valence-corrected chi connectivity index (χ1v) is 3.65. The fourth-order valence-corrected chi connectivity index (χ4v) is 0.805. The molecule has 0 atom stereocenters. The molecule has 3 radical (unpaired) electrons. The summed E-state index contributed by atoms with van der Waals surface area (Å²) in [4.78, 5) is 3.47. The molecule has 0 aromatic carbocycles. The molecular formula is C5H2F2NSn. The van der Waals surface area contributed by atoms with E-state index in [0.29, 0.717) is 3.71 Å². The Morgan fingerprint density at radius 2 is 2.11 bits per heavy atom. The third kappa shape index (κ3) is 1.61. The van der Waals surface area contributed by atoms with Gasteiger partial charge in [-0.05, 0) is 0 Å². The zero-order chi connectivity index (χ0) is 6.85. The number of nitrogens with zero attached hydrogens (tertiary/aromatic N) is 1. The monoisotopic (exact) mass is 234 g/mol. The molecule has 0 saturated carbocycles. The molecule has 45 valence electrons. The van der Waals surface area contributed by atoms with Crippen molar-refractivity contribution in [2.24, 2.45) is 0 Å².